The lowest BCUT2D eigenvalue weighted by Crippen LogP contribution is -2.18. The average Bonchev–Trinajstić information content (AvgIpc) is 2.87. The number of hydrogen-bond donors (Lipinski definition) is 1. The molecule has 0 spiro atoms. The van der Waals surface area contributed by atoms with Crippen LogP contribution in [-0.2, 0) is 23.9 Å². The molecule has 3 rings (SSSR count). The zero-order chi connectivity index (χ0) is 23.6. The maximum Gasteiger partial charge on any atom is 0.338 e. The highest BCUT2D eigenvalue weighted by Crippen LogP contribution is 2.34. The molecule has 0 aromatic heterocycles. The van der Waals surface area contributed by atoms with Crippen LogP contribution in [0.2, 0.25) is 0 Å². The van der Waals surface area contributed by atoms with Crippen LogP contribution in [0.4, 0.5) is 5.69 Å². The highest BCUT2D eigenvalue weighted by molar-refractivity contribution is 6.35. The van der Waals surface area contributed by atoms with E-state index in [9.17, 15) is 14.4 Å². The molecule has 0 aliphatic rings. The molecule has 3 aromatic rings. The third kappa shape index (κ3) is 5.83. The molecule has 0 unspecified atom stereocenters. The normalized spacial score (nSPS) is 11.8. The van der Waals surface area contributed by atoms with Crippen molar-refractivity contribution in [3.05, 3.63) is 114 Å². The van der Waals surface area contributed by atoms with E-state index < -0.39 is 17.8 Å². The minimum atomic E-state index is -0.778. The number of ether oxygens (including phenoxy) is 2. The predicted molar refractivity (Wildman–Crippen MR) is 127 cm³/mol. The summed E-state index contributed by atoms with van der Waals surface area (Å²) in [6, 6.07) is 26.8. The maximum absolute atomic E-state index is 13.6. The standard InChI is InChI=1S/C27H23NO5/c1-32-23(29)18-22(27(31)33-2)24(19-12-6-3-7-13-19)25(20-14-8-4-9-15-20)26(30)28-21-16-10-5-11-17-21/h3-18H,1-2H3,(H,28,30)/b22-18+,25-24+. The first-order chi connectivity index (χ1) is 16.0. The van der Waals surface area contributed by atoms with Crippen molar-refractivity contribution in [2.75, 3.05) is 19.5 Å². The van der Waals surface area contributed by atoms with Crippen molar-refractivity contribution in [2.45, 2.75) is 0 Å². The Kier molecular flexibility index (Phi) is 7.91. The van der Waals surface area contributed by atoms with E-state index in [1.807, 2.05) is 18.2 Å². The van der Waals surface area contributed by atoms with Gasteiger partial charge in [0, 0.05) is 17.3 Å². The molecule has 0 aliphatic heterocycles. The number of carbonyl (C=O) groups excluding carboxylic acids is 3. The van der Waals surface area contributed by atoms with E-state index in [0.29, 0.717) is 16.8 Å². The van der Waals surface area contributed by atoms with E-state index >= 15 is 0 Å². The van der Waals surface area contributed by atoms with Crippen molar-refractivity contribution in [1.82, 2.24) is 0 Å². The summed E-state index contributed by atoms with van der Waals surface area (Å²) in [5, 5.41) is 2.88. The number of anilines is 1. The van der Waals surface area contributed by atoms with Gasteiger partial charge in [0.25, 0.3) is 5.91 Å². The number of esters is 2. The Balaban J connectivity index is 2.35. The molecule has 0 atom stereocenters. The van der Waals surface area contributed by atoms with Crippen LogP contribution in [0, 0.1) is 0 Å². The van der Waals surface area contributed by atoms with Crippen molar-refractivity contribution in [1.29, 1.82) is 0 Å². The summed E-state index contributed by atoms with van der Waals surface area (Å²) in [5.41, 5.74) is 2.04. The third-order valence-corrected chi connectivity index (χ3v) is 4.77. The lowest BCUT2D eigenvalue weighted by atomic mass is 9.88. The predicted octanol–water partition coefficient (Wildman–Crippen LogP) is 4.51. The van der Waals surface area contributed by atoms with Crippen molar-refractivity contribution in [2.24, 2.45) is 0 Å². The van der Waals surface area contributed by atoms with Crippen LogP contribution in [-0.4, -0.2) is 32.1 Å². The smallest absolute Gasteiger partial charge is 0.338 e. The lowest BCUT2D eigenvalue weighted by Gasteiger charge is -2.18. The van der Waals surface area contributed by atoms with Gasteiger partial charge in [-0.05, 0) is 23.3 Å². The number of rotatable bonds is 7. The molecule has 0 radical (unpaired) electrons. The number of carbonyl (C=O) groups is 3. The number of amides is 1. The van der Waals surface area contributed by atoms with E-state index in [2.05, 4.69) is 5.32 Å². The first-order valence-electron chi connectivity index (χ1n) is 10.1. The van der Waals surface area contributed by atoms with Gasteiger partial charge in [-0.25, -0.2) is 9.59 Å². The molecule has 33 heavy (non-hydrogen) atoms. The first kappa shape index (κ1) is 23.2. The van der Waals surface area contributed by atoms with Crippen LogP contribution in [0.1, 0.15) is 11.1 Å². The molecule has 1 N–H and O–H groups in total. The van der Waals surface area contributed by atoms with Gasteiger partial charge < -0.3 is 14.8 Å². The van der Waals surface area contributed by atoms with E-state index in [0.717, 1.165) is 6.08 Å². The summed E-state index contributed by atoms with van der Waals surface area (Å²) >= 11 is 0. The van der Waals surface area contributed by atoms with Gasteiger partial charge in [-0.3, -0.25) is 4.79 Å². The molecular weight excluding hydrogens is 418 g/mol. The number of hydrogen-bond acceptors (Lipinski definition) is 5. The molecule has 3 aromatic carbocycles. The van der Waals surface area contributed by atoms with Crippen LogP contribution >= 0.6 is 0 Å². The number of para-hydroxylation sites is 1. The Morgan fingerprint density at radius 2 is 1.15 bits per heavy atom. The Morgan fingerprint density at radius 1 is 0.667 bits per heavy atom. The Morgan fingerprint density at radius 3 is 1.64 bits per heavy atom. The molecule has 0 heterocycles. The van der Waals surface area contributed by atoms with Crippen LogP contribution < -0.4 is 5.32 Å². The molecular formula is C27H23NO5. The lowest BCUT2D eigenvalue weighted by molar-refractivity contribution is -0.138. The number of nitrogens with one attached hydrogen (secondary N) is 1. The fourth-order valence-electron chi connectivity index (χ4n) is 3.27. The monoisotopic (exact) mass is 441 g/mol. The zero-order valence-electron chi connectivity index (χ0n) is 18.3. The molecule has 6 nitrogen and oxygen atoms in total. The van der Waals surface area contributed by atoms with E-state index in [4.69, 9.17) is 9.47 Å². The summed E-state index contributed by atoms with van der Waals surface area (Å²) in [7, 11) is 2.42. The number of methoxy groups -OCH3 is 2. The molecule has 0 saturated heterocycles. The van der Waals surface area contributed by atoms with Gasteiger partial charge in [0.2, 0.25) is 0 Å². The van der Waals surface area contributed by atoms with Gasteiger partial charge in [-0.15, -0.1) is 0 Å². The summed E-state index contributed by atoms with van der Waals surface area (Å²) in [6.45, 7) is 0. The van der Waals surface area contributed by atoms with Gasteiger partial charge in [0.15, 0.2) is 0 Å². The van der Waals surface area contributed by atoms with Gasteiger partial charge in [0.1, 0.15) is 0 Å². The molecule has 1 amide bonds. The van der Waals surface area contributed by atoms with Crippen molar-refractivity contribution < 1.29 is 23.9 Å². The van der Waals surface area contributed by atoms with Crippen LogP contribution in [0.5, 0.6) is 0 Å². The zero-order valence-corrected chi connectivity index (χ0v) is 18.3. The SMILES string of the molecule is COC(=O)/C=C(C(=O)OC)\C(=C(\C(=O)Nc1ccccc1)c1ccccc1)c1ccccc1. The third-order valence-electron chi connectivity index (χ3n) is 4.77. The molecule has 0 bridgehead atoms. The Bertz CT molecular complexity index is 1180. The van der Waals surface area contributed by atoms with E-state index in [-0.39, 0.29) is 16.7 Å². The second-order valence-electron chi connectivity index (χ2n) is 6.87. The highest BCUT2D eigenvalue weighted by atomic mass is 16.5. The van der Waals surface area contributed by atoms with Gasteiger partial charge in [-0.1, -0.05) is 78.9 Å². The minimum Gasteiger partial charge on any atom is -0.466 e. The summed E-state index contributed by atoms with van der Waals surface area (Å²) in [6.07, 6.45) is 1.03. The second-order valence-corrected chi connectivity index (χ2v) is 6.87. The first-order valence-corrected chi connectivity index (χ1v) is 10.1. The van der Waals surface area contributed by atoms with Gasteiger partial charge in [-0.2, -0.15) is 0 Å². The topological polar surface area (TPSA) is 81.7 Å². The molecule has 0 aliphatic carbocycles. The quantitative estimate of drug-likeness (QED) is 0.253. The van der Waals surface area contributed by atoms with Gasteiger partial charge >= 0.3 is 11.9 Å². The second kappa shape index (κ2) is 11.2. The molecule has 0 fully saturated rings. The summed E-state index contributed by atoms with van der Waals surface area (Å²) in [4.78, 5) is 38.6. The summed E-state index contributed by atoms with van der Waals surface area (Å²) in [5.74, 6) is -1.98. The average molecular weight is 441 g/mol. The molecule has 166 valence electrons. The Labute approximate surface area is 192 Å². The van der Waals surface area contributed by atoms with E-state index in [1.165, 1.54) is 14.2 Å². The maximum atomic E-state index is 13.6. The largest absolute Gasteiger partial charge is 0.466 e. The van der Waals surface area contributed by atoms with Crippen LogP contribution in [0.15, 0.2) is 103 Å². The highest BCUT2D eigenvalue weighted by Gasteiger charge is 2.27. The molecule has 0 saturated carbocycles. The fraction of sp³-hybridized carbons (Fsp3) is 0.0741. The van der Waals surface area contributed by atoms with Gasteiger partial charge in [0.05, 0.1) is 25.4 Å². The molecule has 6 heteroatoms. The van der Waals surface area contributed by atoms with Crippen molar-refractivity contribution >= 4 is 34.7 Å². The van der Waals surface area contributed by atoms with Crippen LogP contribution in [0.3, 0.4) is 0 Å². The van der Waals surface area contributed by atoms with Crippen molar-refractivity contribution in [3.8, 4) is 0 Å². The summed E-state index contributed by atoms with van der Waals surface area (Å²) < 4.78 is 9.72. The minimum absolute atomic E-state index is 0.0994. The Hall–Kier alpha value is -4.45. The van der Waals surface area contributed by atoms with Crippen LogP contribution in [0.25, 0.3) is 11.1 Å². The number of benzene rings is 3. The fourth-order valence-corrected chi connectivity index (χ4v) is 3.27. The van der Waals surface area contributed by atoms with Crippen molar-refractivity contribution in [3.63, 3.8) is 0 Å². The van der Waals surface area contributed by atoms with E-state index in [1.54, 1.807) is 72.8 Å².